The van der Waals surface area contributed by atoms with Crippen molar-refractivity contribution in [1.82, 2.24) is 24.3 Å². The minimum Gasteiger partial charge on any atom is -0.481 e. The Morgan fingerprint density at radius 3 is 2.53 bits per heavy atom. The molecule has 7 rings (SSSR count). The molecule has 2 fully saturated rings. The fraction of sp³-hybridized carbons (Fsp3) is 0.382. The third kappa shape index (κ3) is 5.61. The van der Waals surface area contributed by atoms with E-state index in [1.165, 1.54) is 0 Å². The molecular formula is C34H36Cl2N6O3. The van der Waals surface area contributed by atoms with E-state index in [1.54, 1.807) is 13.2 Å². The molecule has 5 heterocycles. The first-order valence-electron chi connectivity index (χ1n) is 15.3. The molecule has 2 aromatic carbocycles. The van der Waals surface area contributed by atoms with Crippen molar-refractivity contribution in [2.45, 2.75) is 38.0 Å². The van der Waals surface area contributed by atoms with Crippen LogP contribution in [0.1, 0.15) is 40.4 Å². The number of nitrogens with one attached hydrogen (secondary N) is 1. The summed E-state index contributed by atoms with van der Waals surface area (Å²) in [6.07, 6.45) is 3.13. The molecule has 234 valence electrons. The molecule has 0 saturated carbocycles. The van der Waals surface area contributed by atoms with Gasteiger partial charge in [0.25, 0.3) is 5.91 Å². The molecule has 1 N–H and O–H groups in total. The van der Waals surface area contributed by atoms with Crippen LogP contribution in [0.4, 0.5) is 5.69 Å². The summed E-state index contributed by atoms with van der Waals surface area (Å²) in [5.74, 6) is 0.627. The van der Waals surface area contributed by atoms with E-state index in [4.69, 9.17) is 37.7 Å². The number of carbonyl (C=O) groups is 1. The van der Waals surface area contributed by atoms with E-state index < -0.39 is 0 Å². The van der Waals surface area contributed by atoms with Crippen LogP contribution in [0.2, 0.25) is 10.0 Å². The SMILES string of the molecule is COc1nc(-c2cccc(-c3cccc(NC(=O)c4nc5c(n4C)CCN(C)C5)c3Cl)c2Cl)ccc1CN1CC2(CCCO2)C1. The van der Waals surface area contributed by atoms with Gasteiger partial charge >= 0.3 is 0 Å². The highest BCUT2D eigenvalue weighted by atomic mass is 35.5. The van der Waals surface area contributed by atoms with Gasteiger partial charge in [-0.2, -0.15) is 0 Å². The maximum atomic E-state index is 13.4. The maximum Gasteiger partial charge on any atom is 0.291 e. The number of benzene rings is 2. The van der Waals surface area contributed by atoms with Gasteiger partial charge in [0.2, 0.25) is 5.88 Å². The molecule has 0 bridgehead atoms. The summed E-state index contributed by atoms with van der Waals surface area (Å²) < 4.78 is 13.6. The lowest BCUT2D eigenvalue weighted by Crippen LogP contribution is -2.60. The Kier molecular flexibility index (Phi) is 8.08. The van der Waals surface area contributed by atoms with E-state index >= 15 is 0 Å². The highest BCUT2D eigenvalue weighted by molar-refractivity contribution is 6.39. The second-order valence-electron chi connectivity index (χ2n) is 12.3. The molecule has 0 unspecified atom stereocenters. The number of carbonyl (C=O) groups excluding carboxylic acids is 1. The average molecular weight is 648 g/mol. The largest absolute Gasteiger partial charge is 0.481 e. The number of likely N-dealkylation sites (N-methyl/N-ethyl adjacent to an activating group) is 1. The normalized spacial score (nSPS) is 17.7. The highest BCUT2D eigenvalue weighted by Crippen LogP contribution is 2.42. The summed E-state index contributed by atoms with van der Waals surface area (Å²) in [5.41, 5.74) is 6.47. The zero-order valence-corrected chi connectivity index (χ0v) is 27.2. The summed E-state index contributed by atoms with van der Waals surface area (Å²) in [6, 6.07) is 15.3. The van der Waals surface area contributed by atoms with Crippen LogP contribution >= 0.6 is 23.2 Å². The molecule has 9 nitrogen and oxygen atoms in total. The highest BCUT2D eigenvalue weighted by Gasteiger charge is 2.46. The Labute approximate surface area is 273 Å². The van der Waals surface area contributed by atoms with Gasteiger partial charge in [-0.05, 0) is 32.0 Å². The number of halogens is 2. The molecule has 1 amide bonds. The number of nitrogens with zero attached hydrogens (tertiary/aromatic N) is 5. The first kappa shape index (κ1) is 30.2. The lowest BCUT2D eigenvalue weighted by molar-refractivity contribution is -0.114. The summed E-state index contributed by atoms with van der Waals surface area (Å²) in [7, 11) is 5.58. The van der Waals surface area contributed by atoms with Gasteiger partial charge in [-0.15, -0.1) is 0 Å². The fourth-order valence-corrected chi connectivity index (χ4v) is 7.46. The Bertz CT molecular complexity index is 1780. The van der Waals surface area contributed by atoms with Gasteiger partial charge in [0.1, 0.15) is 0 Å². The number of hydrogen-bond acceptors (Lipinski definition) is 7. The number of likely N-dealkylation sites (tertiary alicyclic amines) is 1. The second kappa shape index (κ2) is 12.0. The van der Waals surface area contributed by atoms with Gasteiger partial charge in [-0.25, -0.2) is 9.97 Å². The van der Waals surface area contributed by atoms with Gasteiger partial charge in [0.15, 0.2) is 5.82 Å². The molecule has 2 aromatic heterocycles. The van der Waals surface area contributed by atoms with E-state index in [1.807, 2.05) is 48.0 Å². The number of aromatic nitrogens is 3. The predicted octanol–water partition coefficient (Wildman–Crippen LogP) is 6.07. The van der Waals surface area contributed by atoms with E-state index in [0.717, 1.165) is 86.7 Å². The summed E-state index contributed by atoms with van der Waals surface area (Å²) in [6.45, 7) is 5.15. The van der Waals surface area contributed by atoms with Crippen LogP contribution in [0.5, 0.6) is 5.88 Å². The Morgan fingerprint density at radius 1 is 1.02 bits per heavy atom. The number of imidazole rings is 1. The molecule has 3 aliphatic heterocycles. The molecule has 11 heteroatoms. The zero-order valence-electron chi connectivity index (χ0n) is 25.7. The van der Waals surface area contributed by atoms with E-state index in [-0.39, 0.29) is 11.5 Å². The van der Waals surface area contributed by atoms with Gasteiger partial charge < -0.3 is 24.3 Å². The first-order chi connectivity index (χ1) is 21.7. The van der Waals surface area contributed by atoms with Crippen LogP contribution in [0.25, 0.3) is 22.4 Å². The molecular weight excluding hydrogens is 611 g/mol. The third-order valence-corrected chi connectivity index (χ3v) is 10.0. The van der Waals surface area contributed by atoms with Crippen molar-refractivity contribution >= 4 is 34.8 Å². The number of amides is 1. The molecule has 0 aliphatic carbocycles. The molecule has 4 aromatic rings. The number of ether oxygens (including phenoxy) is 2. The van der Waals surface area contributed by atoms with Gasteiger partial charge in [-0.1, -0.05) is 59.6 Å². The van der Waals surface area contributed by atoms with Crippen LogP contribution < -0.4 is 10.1 Å². The number of hydrogen-bond donors (Lipinski definition) is 1. The van der Waals surface area contributed by atoms with E-state index in [0.29, 0.717) is 38.7 Å². The van der Waals surface area contributed by atoms with Crippen molar-refractivity contribution in [3.8, 4) is 28.3 Å². The Morgan fingerprint density at radius 2 is 1.78 bits per heavy atom. The predicted molar refractivity (Wildman–Crippen MR) is 176 cm³/mol. The third-order valence-electron chi connectivity index (χ3n) is 9.20. The van der Waals surface area contributed by atoms with Crippen molar-refractivity contribution in [1.29, 1.82) is 0 Å². The van der Waals surface area contributed by atoms with E-state index in [9.17, 15) is 4.79 Å². The van der Waals surface area contributed by atoms with Gasteiger partial charge in [0.05, 0.1) is 39.8 Å². The zero-order chi connectivity index (χ0) is 31.3. The summed E-state index contributed by atoms with van der Waals surface area (Å²) >= 11 is 14.0. The number of methoxy groups -OCH3 is 1. The minimum atomic E-state index is -0.311. The summed E-state index contributed by atoms with van der Waals surface area (Å²) in [5, 5.41) is 3.87. The maximum absolute atomic E-state index is 13.4. The van der Waals surface area contributed by atoms with Crippen molar-refractivity contribution in [2.75, 3.05) is 45.7 Å². The number of rotatable bonds is 7. The molecule has 0 radical (unpaired) electrons. The average Bonchev–Trinajstić information content (AvgIpc) is 3.63. The van der Waals surface area contributed by atoms with Crippen molar-refractivity contribution in [3.63, 3.8) is 0 Å². The van der Waals surface area contributed by atoms with Crippen LogP contribution in [0, 0.1) is 0 Å². The lowest BCUT2D eigenvalue weighted by Gasteiger charge is -2.47. The van der Waals surface area contributed by atoms with Crippen molar-refractivity contribution < 1.29 is 14.3 Å². The molecule has 3 aliphatic rings. The Balaban J connectivity index is 1.12. The second-order valence-corrected chi connectivity index (χ2v) is 13.1. The fourth-order valence-electron chi connectivity index (χ4n) is 6.86. The topological polar surface area (TPSA) is 84.7 Å². The van der Waals surface area contributed by atoms with Crippen molar-refractivity contribution in [2.24, 2.45) is 7.05 Å². The van der Waals surface area contributed by atoms with Gasteiger partial charge in [0, 0.05) is 80.7 Å². The minimum absolute atomic E-state index is 0.0466. The van der Waals surface area contributed by atoms with Gasteiger partial charge in [-0.3, -0.25) is 9.69 Å². The number of pyridine rings is 1. The van der Waals surface area contributed by atoms with E-state index in [2.05, 4.69) is 33.2 Å². The summed E-state index contributed by atoms with van der Waals surface area (Å²) in [4.78, 5) is 27.4. The van der Waals surface area contributed by atoms with Crippen molar-refractivity contribution in [3.05, 3.63) is 81.4 Å². The molecule has 0 atom stereocenters. The van der Waals surface area contributed by atoms with Crippen LogP contribution in [0.3, 0.4) is 0 Å². The lowest BCUT2D eigenvalue weighted by atomic mass is 9.90. The standard InChI is InChI=1S/C34H36Cl2N6O3/c1-40-15-13-28-27(18-40)37-31(41(28)2)32(43)38-26-10-5-8-23(30(26)36)22-7-4-9-24(29(22)35)25-12-11-21(33(39-25)44-3)17-42-19-34(20-42)14-6-16-45-34/h4-5,7-12H,6,13-20H2,1-3H3,(H,38,43). The molecule has 2 saturated heterocycles. The van der Waals surface area contributed by atoms with Crippen LogP contribution in [0.15, 0.2) is 48.5 Å². The Hall–Kier alpha value is -3.47. The van der Waals surface area contributed by atoms with Crippen LogP contribution in [-0.4, -0.2) is 76.2 Å². The molecule has 45 heavy (non-hydrogen) atoms. The monoisotopic (exact) mass is 646 g/mol. The smallest absolute Gasteiger partial charge is 0.291 e. The first-order valence-corrected chi connectivity index (χ1v) is 16.0. The van der Waals surface area contributed by atoms with Crippen LogP contribution in [-0.2, 0) is 31.3 Å². The number of fused-ring (bicyclic) bond motifs is 1. The number of anilines is 1. The molecule has 1 spiro atoms. The quantitative estimate of drug-likeness (QED) is 0.261.